The Balaban J connectivity index is 2.01. The first-order chi connectivity index (χ1) is 10.7. The summed E-state index contributed by atoms with van der Waals surface area (Å²) in [7, 11) is 0. The third-order valence-electron chi connectivity index (χ3n) is 4.93. The van der Waals surface area contributed by atoms with Crippen LogP contribution in [-0.2, 0) is 0 Å². The van der Waals surface area contributed by atoms with E-state index in [9.17, 15) is 10.4 Å². The normalized spacial score (nSPS) is 21.6. The van der Waals surface area contributed by atoms with Crippen LogP contribution in [0.2, 0.25) is 0 Å². The SMILES string of the molecule is N#Cc1cc(Br)c(O)c([C@H](C2CCCC2)N2CCNCC2)c1. The standard InChI is InChI=1S/C17H22BrN3O/c18-15-10-12(11-19)9-14(17(15)22)16(13-3-1-2-4-13)21-7-5-20-6-8-21/h9-10,13,16,20,22H,1-8H2/t16-/m0/s1. The van der Waals surface area contributed by atoms with Gasteiger partial charge in [-0.25, -0.2) is 0 Å². The second-order valence-corrected chi connectivity index (χ2v) is 7.14. The zero-order chi connectivity index (χ0) is 15.5. The summed E-state index contributed by atoms with van der Waals surface area (Å²) in [6.45, 7) is 3.97. The van der Waals surface area contributed by atoms with Crippen molar-refractivity contribution in [2.75, 3.05) is 26.2 Å². The molecular weight excluding hydrogens is 342 g/mol. The summed E-state index contributed by atoms with van der Waals surface area (Å²) in [5, 5.41) is 23.2. The molecule has 118 valence electrons. The topological polar surface area (TPSA) is 59.3 Å². The Hall–Kier alpha value is -1.09. The second-order valence-electron chi connectivity index (χ2n) is 6.28. The number of rotatable bonds is 3. The number of phenolic OH excluding ortho intramolecular Hbond substituents is 1. The fourth-order valence-corrected chi connectivity index (χ4v) is 4.37. The van der Waals surface area contributed by atoms with Crippen LogP contribution in [0.4, 0.5) is 0 Å². The summed E-state index contributed by atoms with van der Waals surface area (Å²) in [4.78, 5) is 2.48. The number of nitrogens with zero attached hydrogens (tertiary/aromatic N) is 2. The Morgan fingerprint density at radius 3 is 2.59 bits per heavy atom. The Bertz CT molecular complexity index is 572. The Kier molecular flexibility index (Phi) is 5.02. The molecule has 5 heteroatoms. The van der Waals surface area contributed by atoms with E-state index in [4.69, 9.17) is 0 Å². The van der Waals surface area contributed by atoms with Gasteiger partial charge in [0, 0.05) is 37.8 Å². The van der Waals surface area contributed by atoms with Gasteiger partial charge in [0.05, 0.1) is 16.1 Å². The minimum atomic E-state index is 0.217. The molecule has 4 nitrogen and oxygen atoms in total. The van der Waals surface area contributed by atoms with Crippen LogP contribution in [0.25, 0.3) is 0 Å². The Labute approximate surface area is 140 Å². The smallest absolute Gasteiger partial charge is 0.134 e. The highest BCUT2D eigenvalue weighted by Crippen LogP contribution is 2.44. The van der Waals surface area contributed by atoms with Gasteiger partial charge in [-0.2, -0.15) is 5.26 Å². The van der Waals surface area contributed by atoms with E-state index in [1.165, 1.54) is 25.7 Å². The first-order valence-electron chi connectivity index (χ1n) is 8.08. The summed E-state index contributed by atoms with van der Waals surface area (Å²) in [6.07, 6.45) is 4.96. The van der Waals surface area contributed by atoms with E-state index in [1.54, 1.807) is 6.07 Å². The minimum Gasteiger partial charge on any atom is -0.506 e. The van der Waals surface area contributed by atoms with Crippen LogP contribution in [0.15, 0.2) is 16.6 Å². The number of hydrogen-bond donors (Lipinski definition) is 2. The molecule has 2 fully saturated rings. The number of halogens is 1. The number of phenols is 1. The number of piperazine rings is 1. The van der Waals surface area contributed by atoms with E-state index in [2.05, 4.69) is 32.2 Å². The molecule has 1 saturated carbocycles. The molecule has 2 N–H and O–H groups in total. The highest BCUT2D eigenvalue weighted by atomic mass is 79.9. The van der Waals surface area contributed by atoms with E-state index in [1.807, 2.05) is 6.07 Å². The minimum absolute atomic E-state index is 0.217. The van der Waals surface area contributed by atoms with Gasteiger partial charge in [0.25, 0.3) is 0 Å². The van der Waals surface area contributed by atoms with Gasteiger partial charge >= 0.3 is 0 Å². The van der Waals surface area contributed by atoms with Gasteiger partial charge in [-0.15, -0.1) is 0 Å². The summed E-state index contributed by atoms with van der Waals surface area (Å²) in [5.74, 6) is 0.874. The summed E-state index contributed by atoms with van der Waals surface area (Å²) < 4.78 is 0.625. The third kappa shape index (κ3) is 3.15. The van der Waals surface area contributed by atoms with Gasteiger partial charge in [-0.1, -0.05) is 12.8 Å². The fraction of sp³-hybridized carbons (Fsp3) is 0.588. The van der Waals surface area contributed by atoms with E-state index in [0.29, 0.717) is 21.7 Å². The molecule has 1 saturated heterocycles. The van der Waals surface area contributed by atoms with Crippen molar-refractivity contribution in [2.24, 2.45) is 5.92 Å². The number of aromatic hydroxyl groups is 1. The van der Waals surface area contributed by atoms with E-state index in [0.717, 1.165) is 31.7 Å². The lowest BCUT2D eigenvalue weighted by molar-refractivity contribution is 0.123. The summed E-state index contributed by atoms with van der Waals surface area (Å²) in [5.41, 5.74) is 1.53. The van der Waals surface area contributed by atoms with Crippen molar-refractivity contribution >= 4 is 15.9 Å². The quantitative estimate of drug-likeness (QED) is 0.865. The maximum Gasteiger partial charge on any atom is 0.134 e. The Morgan fingerprint density at radius 1 is 1.27 bits per heavy atom. The predicted molar refractivity (Wildman–Crippen MR) is 89.7 cm³/mol. The molecule has 22 heavy (non-hydrogen) atoms. The van der Waals surface area contributed by atoms with Crippen LogP contribution >= 0.6 is 15.9 Å². The van der Waals surface area contributed by atoms with Gasteiger partial charge in [-0.3, -0.25) is 4.90 Å². The van der Waals surface area contributed by atoms with Crippen molar-refractivity contribution in [3.8, 4) is 11.8 Å². The number of benzene rings is 1. The highest BCUT2D eigenvalue weighted by Gasteiger charge is 2.34. The molecule has 1 aliphatic carbocycles. The first-order valence-corrected chi connectivity index (χ1v) is 8.87. The molecule has 1 heterocycles. The molecule has 3 rings (SSSR count). The second kappa shape index (κ2) is 6.99. The van der Waals surface area contributed by atoms with Crippen molar-refractivity contribution in [3.63, 3.8) is 0 Å². The van der Waals surface area contributed by atoms with Crippen molar-refractivity contribution in [1.29, 1.82) is 5.26 Å². The summed E-state index contributed by atoms with van der Waals surface area (Å²) >= 11 is 3.41. The van der Waals surface area contributed by atoms with Gasteiger partial charge in [0.2, 0.25) is 0 Å². The first kappa shape index (κ1) is 15.8. The monoisotopic (exact) mass is 363 g/mol. The maximum atomic E-state index is 10.6. The fourth-order valence-electron chi connectivity index (χ4n) is 3.89. The zero-order valence-electron chi connectivity index (χ0n) is 12.7. The average Bonchev–Trinajstić information content (AvgIpc) is 3.06. The van der Waals surface area contributed by atoms with Crippen molar-refractivity contribution in [2.45, 2.75) is 31.7 Å². The molecule has 0 spiro atoms. The van der Waals surface area contributed by atoms with E-state index >= 15 is 0 Å². The molecule has 1 atom stereocenters. The molecule has 0 amide bonds. The lowest BCUT2D eigenvalue weighted by Crippen LogP contribution is -2.46. The van der Waals surface area contributed by atoms with Gasteiger partial charge in [0.15, 0.2) is 0 Å². The molecule has 0 unspecified atom stereocenters. The molecule has 0 bridgehead atoms. The van der Waals surface area contributed by atoms with Crippen molar-refractivity contribution in [3.05, 3.63) is 27.7 Å². The molecule has 0 radical (unpaired) electrons. The van der Waals surface area contributed by atoms with Crippen molar-refractivity contribution < 1.29 is 5.11 Å². The highest BCUT2D eigenvalue weighted by molar-refractivity contribution is 9.10. The summed E-state index contributed by atoms with van der Waals surface area (Å²) in [6, 6.07) is 6.01. The lowest BCUT2D eigenvalue weighted by atomic mass is 9.88. The molecule has 2 aliphatic rings. The number of hydrogen-bond acceptors (Lipinski definition) is 4. The molecule has 0 aromatic heterocycles. The third-order valence-corrected chi connectivity index (χ3v) is 5.54. The van der Waals surface area contributed by atoms with Gasteiger partial charge in [-0.05, 0) is 46.8 Å². The zero-order valence-corrected chi connectivity index (χ0v) is 14.3. The van der Waals surface area contributed by atoms with Crippen LogP contribution in [0.1, 0.15) is 42.9 Å². The molecule has 1 aliphatic heterocycles. The van der Waals surface area contributed by atoms with Crippen molar-refractivity contribution in [1.82, 2.24) is 10.2 Å². The predicted octanol–water partition coefficient (Wildman–Crippen LogP) is 3.16. The van der Waals surface area contributed by atoms with E-state index in [-0.39, 0.29) is 6.04 Å². The number of nitriles is 1. The average molecular weight is 364 g/mol. The number of nitrogens with one attached hydrogen (secondary N) is 1. The maximum absolute atomic E-state index is 10.6. The van der Waals surface area contributed by atoms with Crippen LogP contribution in [0.3, 0.4) is 0 Å². The largest absolute Gasteiger partial charge is 0.506 e. The van der Waals surface area contributed by atoms with Gasteiger partial charge < -0.3 is 10.4 Å². The van der Waals surface area contributed by atoms with Gasteiger partial charge in [0.1, 0.15) is 5.75 Å². The van der Waals surface area contributed by atoms with E-state index < -0.39 is 0 Å². The van der Waals surface area contributed by atoms with Crippen LogP contribution in [0.5, 0.6) is 5.75 Å². The van der Waals surface area contributed by atoms with Crippen LogP contribution < -0.4 is 5.32 Å². The molecule has 1 aromatic carbocycles. The van der Waals surface area contributed by atoms with Crippen LogP contribution in [0, 0.1) is 17.2 Å². The van der Waals surface area contributed by atoms with Crippen LogP contribution in [-0.4, -0.2) is 36.2 Å². The Morgan fingerprint density at radius 2 is 1.95 bits per heavy atom. The molecule has 1 aromatic rings. The molecular formula is C17H22BrN3O. The lowest BCUT2D eigenvalue weighted by Gasteiger charge is -2.39.